The second-order valence-electron chi connectivity index (χ2n) is 8.77. The molecule has 0 saturated carbocycles. The number of thioether (sulfide) groups is 1. The molecular weight excluding hydrogens is 454 g/mol. The molecule has 33 heavy (non-hydrogen) atoms. The summed E-state index contributed by atoms with van der Waals surface area (Å²) >= 11 is 1.46. The van der Waals surface area contributed by atoms with E-state index in [1.165, 1.54) is 37.1 Å². The van der Waals surface area contributed by atoms with Crippen LogP contribution in [0.4, 0.5) is 11.4 Å². The van der Waals surface area contributed by atoms with Crippen LogP contribution in [0.25, 0.3) is 0 Å². The molecule has 0 bridgehead atoms. The molecule has 0 unspecified atom stereocenters. The van der Waals surface area contributed by atoms with E-state index in [1.54, 1.807) is 24.3 Å². The normalized spacial score (nSPS) is 17.5. The van der Waals surface area contributed by atoms with Crippen molar-refractivity contribution in [3.05, 3.63) is 48.0 Å². The van der Waals surface area contributed by atoms with Crippen molar-refractivity contribution >= 4 is 39.1 Å². The van der Waals surface area contributed by atoms with Gasteiger partial charge in [-0.1, -0.05) is 12.8 Å². The molecule has 1 N–H and O–H groups in total. The molecule has 1 amide bonds. The van der Waals surface area contributed by atoms with Gasteiger partial charge in [-0.15, -0.1) is 11.8 Å². The van der Waals surface area contributed by atoms with Crippen LogP contribution in [0.3, 0.4) is 0 Å². The van der Waals surface area contributed by atoms with Gasteiger partial charge >= 0.3 is 0 Å². The van der Waals surface area contributed by atoms with E-state index in [2.05, 4.69) is 9.62 Å². The smallest absolute Gasteiger partial charge is 0.261 e. The molecule has 2 saturated heterocycles. The van der Waals surface area contributed by atoms with Crippen molar-refractivity contribution in [1.29, 1.82) is 0 Å². The number of hydrogen-bond acceptors (Lipinski definition) is 5. The van der Waals surface area contributed by atoms with Gasteiger partial charge in [0.05, 0.1) is 10.5 Å². The van der Waals surface area contributed by atoms with Gasteiger partial charge in [0, 0.05) is 42.4 Å². The molecule has 0 aliphatic carbocycles. The van der Waals surface area contributed by atoms with E-state index in [1.807, 2.05) is 23.3 Å². The molecule has 2 fully saturated rings. The molecule has 0 spiro atoms. The van der Waals surface area contributed by atoms with Crippen LogP contribution in [0.1, 0.15) is 55.3 Å². The summed E-state index contributed by atoms with van der Waals surface area (Å²) in [5, 5.41) is 0. The molecule has 0 atom stereocenters. The summed E-state index contributed by atoms with van der Waals surface area (Å²) in [6.07, 6.45) is 9.82. The molecule has 0 aromatic heterocycles. The topological polar surface area (TPSA) is 69.7 Å². The summed E-state index contributed by atoms with van der Waals surface area (Å²) in [6.45, 7) is 3.54. The molecule has 8 heteroatoms. The van der Waals surface area contributed by atoms with Crippen LogP contribution in [-0.2, 0) is 10.0 Å². The van der Waals surface area contributed by atoms with Crippen molar-refractivity contribution in [3.8, 4) is 0 Å². The van der Waals surface area contributed by atoms with E-state index in [9.17, 15) is 13.2 Å². The maximum atomic E-state index is 13.3. The van der Waals surface area contributed by atoms with Gasteiger partial charge in [-0.05, 0) is 80.8 Å². The van der Waals surface area contributed by atoms with Crippen LogP contribution in [0.15, 0.2) is 52.3 Å². The van der Waals surface area contributed by atoms with E-state index in [4.69, 9.17) is 0 Å². The number of amides is 1. The highest BCUT2D eigenvalue weighted by Gasteiger charge is 2.23. The lowest BCUT2D eigenvalue weighted by atomic mass is 10.1. The number of anilines is 2. The third kappa shape index (κ3) is 5.84. The summed E-state index contributed by atoms with van der Waals surface area (Å²) in [4.78, 5) is 18.4. The van der Waals surface area contributed by atoms with Gasteiger partial charge < -0.3 is 9.80 Å². The lowest BCUT2D eigenvalue weighted by Crippen LogP contribution is -2.32. The Morgan fingerprint density at radius 2 is 1.45 bits per heavy atom. The highest BCUT2D eigenvalue weighted by Crippen LogP contribution is 2.28. The Morgan fingerprint density at radius 3 is 2.09 bits per heavy atom. The van der Waals surface area contributed by atoms with Crippen molar-refractivity contribution in [2.45, 2.75) is 54.7 Å². The second-order valence-corrected chi connectivity index (χ2v) is 11.3. The van der Waals surface area contributed by atoms with Crippen molar-refractivity contribution in [2.75, 3.05) is 42.1 Å². The molecule has 178 valence electrons. The van der Waals surface area contributed by atoms with Crippen LogP contribution >= 0.6 is 11.8 Å². The van der Waals surface area contributed by atoms with Gasteiger partial charge in [-0.25, -0.2) is 8.42 Å². The largest absolute Gasteiger partial charge is 0.372 e. The van der Waals surface area contributed by atoms with E-state index in [0.29, 0.717) is 11.3 Å². The Labute approximate surface area is 201 Å². The number of nitrogens with one attached hydrogen (secondary N) is 1. The standard InChI is InChI=1S/C25H33N3O3S2/c1-32-24-14-13-22(19-23(24)25(29)28-17-5-2-3-6-18-28)33(30,31)26-20-9-11-21(12-10-20)27-15-7-4-8-16-27/h9-14,19,26H,2-8,15-18H2,1H3. The first-order chi connectivity index (χ1) is 16.0. The fourth-order valence-electron chi connectivity index (χ4n) is 4.57. The first kappa shape index (κ1) is 24.0. The maximum Gasteiger partial charge on any atom is 0.261 e. The molecular formula is C25H33N3O3S2. The summed E-state index contributed by atoms with van der Waals surface area (Å²) in [7, 11) is -3.81. The minimum Gasteiger partial charge on any atom is -0.372 e. The molecule has 2 aromatic rings. The van der Waals surface area contributed by atoms with Gasteiger partial charge in [-0.2, -0.15) is 0 Å². The minimum absolute atomic E-state index is 0.0795. The second kappa shape index (κ2) is 10.8. The Balaban J connectivity index is 1.53. The number of piperidine rings is 1. The Bertz CT molecular complexity index is 1060. The summed E-state index contributed by atoms with van der Waals surface area (Å²) in [6, 6.07) is 12.4. The third-order valence-electron chi connectivity index (χ3n) is 6.45. The monoisotopic (exact) mass is 487 g/mol. The van der Waals surface area contributed by atoms with Crippen molar-refractivity contribution in [3.63, 3.8) is 0 Å². The zero-order valence-corrected chi connectivity index (χ0v) is 20.9. The number of rotatable bonds is 6. The fourth-order valence-corrected chi connectivity index (χ4v) is 6.23. The number of likely N-dealkylation sites (tertiary alicyclic amines) is 1. The lowest BCUT2D eigenvalue weighted by molar-refractivity contribution is 0.0758. The Morgan fingerprint density at radius 1 is 0.848 bits per heavy atom. The number of carbonyl (C=O) groups excluding carboxylic acids is 1. The maximum absolute atomic E-state index is 13.3. The molecule has 2 aliphatic heterocycles. The van der Waals surface area contributed by atoms with Gasteiger partial charge in [0.2, 0.25) is 0 Å². The number of carbonyl (C=O) groups is 1. The lowest BCUT2D eigenvalue weighted by Gasteiger charge is -2.28. The minimum atomic E-state index is -3.81. The predicted octanol–water partition coefficient (Wildman–Crippen LogP) is 5.22. The highest BCUT2D eigenvalue weighted by atomic mass is 32.2. The van der Waals surface area contributed by atoms with E-state index in [-0.39, 0.29) is 10.8 Å². The quantitative estimate of drug-likeness (QED) is 0.566. The first-order valence-corrected chi connectivity index (χ1v) is 14.5. The first-order valence-electron chi connectivity index (χ1n) is 11.8. The molecule has 4 rings (SSSR count). The predicted molar refractivity (Wildman–Crippen MR) is 136 cm³/mol. The van der Waals surface area contributed by atoms with Crippen LogP contribution in [-0.4, -0.2) is 51.7 Å². The zero-order valence-electron chi connectivity index (χ0n) is 19.3. The average Bonchev–Trinajstić information content (AvgIpc) is 3.14. The summed E-state index contributed by atoms with van der Waals surface area (Å²) in [5.41, 5.74) is 2.10. The number of sulfonamides is 1. The van der Waals surface area contributed by atoms with E-state index < -0.39 is 10.0 Å². The van der Waals surface area contributed by atoms with Gasteiger partial charge in [0.15, 0.2) is 0 Å². The number of nitrogens with zero attached hydrogens (tertiary/aromatic N) is 2. The number of hydrogen-bond donors (Lipinski definition) is 1. The SMILES string of the molecule is CSc1ccc(S(=O)(=O)Nc2ccc(N3CCCCC3)cc2)cc1C(=O)N1CCCCCC1. The molecule has 2 heterocycles. The molecule has 2 aliphatic rings. The van der Waals surface area contributed by atoms with E-state index in [0.717, 1.165) is 62.4 Å². The van der Waals surface area contributed by atoms with Gasteiger partial charge in [-0.3, -0.25) is 9.52 Å². The Hall–Kier alpha value is -2.19. The van der Waals surface area contributed by atoms with Crippen LogP contribution in [0, 0.1) is 0 Å². The van der Waals surface area contributed by atoms with Crippen LogP contribution in [0.5, 0.6) is 0 Å². The molecule has 2 aromatic carbocycles. The van der Waals surface area contributed by atoms with Crippen molar-refractivity contribution in [2.24, 2.45) is 0 Å². The van der Waals surface area contributed by atoms with Crippen LogP contribution in [0.2, 0.25) is 0 Å². The van der Waals surface area contributed by atoms with Gasteiger partial charge in [0.25, 0.3) is 15.9 Å². The Kier molecular flexibility index (Phi) is 7.86. The van der Waals surface area contributed by atoms with Gasteiger partial charge in [0.1, 0.15) is 0 Å². The number of benzene rings is 2. The summed E-state index contributed by atoms with van der Waals surface area (Å²) < 4.78 is 29.0. The molecule has 0 radical (unpaired) electrons. The van der Waals surface area contributed by atoms with E-state index >= 15 is 0 Å². The zero-order chi connectivity index (χ0) is 23.3. The molecule has 6 nitrogen and oxygen atoms in total. The summed E-state index contributed by atoms with van der Waals surface area (Å²) in [5.74, 6) is -0.0795. The van der Waals surface area contributed by atoms with Crippen LogP contribution < -0.4 is 9.62 Å². The third-order valence-corrected chi connectivity index (χ3v) is 8.62. The average molecular weight is 488 g/mol. The van der Waals surface area contributed by atoms with Crippen molar-refractivity contribution < 1.29 is 13.2 Å². The highest BCUT2D eigenvalue weighted by molar-refractivity contribution is 7.98. The fraction of sp³-hybridized carbons (Fsp3) is 0.480. The van der Waals surface area contributed by atoms with Crippen molar-refractivity contribution in [1.82, 2.24) is 4.90 Å².